The zero-order valence-electron chi connectivity index (χ0n) is 20.2. The van der Waals surface area contributed by atoms with Crippen LogP contribution in [0.5, 0.6) is 0 Å². The quantitative estimate of drug-likeness (QED) is 0.235. The second-order valence-corrected chi connectivity index (χ2v) is 11.0. The standard InChI is InChI=1S/C29H23N3O4S2/c30-15-23-20-10-1-2-13-24(20)38-28(23)32-25(33)16-37-19-9-5-8-18(14-19)31-27(34)21-11-3-6-17-7-4-12-22(26(17)21)29(35)36/h3-9,11-12,14H,1-2,10,13,16H2,(H,31,34)(H,32,33)(H,35,36). The molecule has 38 heavy (non-hydrogen) atoms. The van der Waals surface area contributed by atoms with Crippen molar-refractivity contribution in [1.29, 1.82) is 5.26 Å². The van der Waals surface area contributed by atoms with E-state index in [2.05, 4.69) is 16.7 Å². The number of thioether (sulfide) groups is 1. The zero-order chi connectivity index (χ0) is 26.6. The summed E-state index contributed by atoms with van der Waals surface area (Å²) in [6.07, 6.45) is 4.01. The van der Waals surface area contributed by atoms with E-state index in [0.29, 0.717) is 27.0 Å². The van der Waals surface area contributed by atoms with E-state index in [-0.39, 0.29) is 22.8 Å². The Morgan fingerprint density at radius 2 is 1.71 bits per heavy atom. The second kappa shape index (κ2) is 11.1. The van der Waals surface area contributed by atoms with Gasteiger partial charge in [0, 0.05) is 26.4 Å². The number of nitriles is 1. The number of hydrogen-bond acceptors (Lipinski definition) is 6. The molecule has 0 radical (unpaired) electrons. The molecule has 3 aromatic carbocycles. The normalized spacial score (nSPS) is 12.4. The summed E-state index contributed by atoms with van der Waals surface area (Å²) in [5.41, 5.74) is 2.53. The Hall–Kier alpha value is -4.13. The Kier molecular flexibility index (Phi) is 7.45. The first-order chi connectivity index (χ1) is 18.4. The third-order valence-electron chi connectivity index (χ3n) is 6.38. The minimum absolute atomic E-state index is 0.0646. The molecule has 0 fully saturated rings. The van der Waals surface area contributed by atoms with Crippen LogP contribution in [-0.4, -0.2) is 28.6 Å². The number of carbonyl (C=O) groups is 3. The molecule has 0 saturated heterocycles. The lowest BCUT2D eigenvalue weighted by Gasteiger charge is -2.11. The Morgan fingerprint density at radius 1 is 0.974 bits per heavy atom. The van der Waals surface area contributed by atoms with Crippen molar-refractivity contribution in [3.63, 3.8) is 0 Å². The van der Waals surface area contributed by atoms with Crippen molar-refractivity contribution in [2.24, 2.45) is 0 Å². The van der Waals surface area contributed by atoms with Gasteiger partial charge in [-0.2, -0.15) is 5.26 Å². The first-order valence-electron chi connectivity index (χ1n) is 12.1. The van der Waals surface area contributed by atoms with Crippen molar-refractivity contribution in [1.82, 2.24) is 0 Å². The number of carboxylic acids is 1. The summed E-state index contributed by atoms with van der Waals surface area (Å²) in [5, 5.41) is 26.6. The smallest absolute Gasteiger partial charge is 0.336 e. The van der Waals surface area contributed by atoms with Crippen LogP contribution < -0.4 is 10.6 Å². The van der Waals surface area contributed by atoms with Crippen LogP contribution in [0.25, 0.3) is 10.8 Å². The van der Waals surface area contributed by atoms with Crippen LogP contribution in [0.2, 0.25) is 0 Å². The number of carboxylic acid groups (broad SMARTS) is 1. The lowest BCUT2D eigenvalue weighted by molar-refractivity contribution is -0.113. The van der Waals surface area contributed by atoms with Crippen LogP contribution in [0.1, 0.15) is 49.6 Å². The molecular weight excluding hydrogens is 518 g/mol. The third kappa shape index (κ3) is 5.28. The maximum atomic E-state index is 13.1. The molecule has 0 saturated carbocycles. The van der Waals surface area contributed by atoms with Crippen LogP contribution >= 0.6 is 23.1 Å². The van der Waals surface area contributed by atoms with Gasteiger partial charge >= 0.3 is 5.97 Å². The van der Waals surface area contributed by atoms with Crippen molar-refractivity contribution in [3.05, 3.63) is 87.8 Å². The number of fused-ring (bicyclic) bond motifs is 2. The molecule has 190 valence electrons. The Labute approximate surface area is 227 Å². The molecule has 7 nitrogen and oxygen atoms in total. The fourth-order valence-electron chi connectivity index (χ4n) is 4.65. The van der Waals surface area contributed by atoms with Gasteiger partial charge in [-0.3, -0.25) is 9.59 Å². The Bertz CT molecular complexity index is 1610. The molecule has 0 unspecified atom stereocenters. The third-order valence-corrected chi connectivity index (χ3v) is 8.58. The van der Waals surface area contributed by atoms with Crippen LogP contribution in [0.15, 0.2) is 65.6 Å². The number of amides is 2. The summed E-state index contributed by atoms with van der Waals surface area (Å²) in [6, 6.07) is 19.4. The molecule has 0 bridgehead atoms. The second-order valence-electron chi connectivity index (χ2n) is 8.86. The van der Waals surface area contributed by atoms with Crippen molar-refractivity contribution in [3.8, 4) is 6.07 Å². The van der Waals surface area contributed by atoms with Crippen molar-refractivity contribution in [2.45, 2.75) is 30.6 Å². The number of hydrogen-bond donors (Lipinski definition) is 3. The first kappa shape index (κ1) is 25.5. The monoisotopic (exact) mass is 541 g/mol. The molecule has 1 heterocycles. The maximum Gasteiger partial charge on any atom is 0.336 e. The van der Waals surface area contributed by atoms with Crippen LogP contribution in [0, 0.1) is 11.3 Å². The van der Waals surface area contributed by atoms with Gasteiger partial charge in [0.2, 0.25) is 5.91 Å². The minimum atomic E-state index is -1.10. The first-order valence-corrected chi connectivity index (χ1v) is 13.9. The summed E-state index contributed by atoms with van der Waals surface area (Å²) in [6.45, 7) is 0. The van der Waals surface area contributed by atoms with Crippen molar-refractivity contribution >= 4 is 62.3 Å². The number of carbonyl (C=O) groups excluding carboxylic acids is 2. The van der Waals surface area contributed by atoms with Gasteiger partial charge in [-0.05, 0) is 67.0 Å². The highest BCUT2D eigenvalue weighted by molar-refractivity contribution is 8.00. The molecule has 4 aromatic rings. The molecular formula is C29H23N3O4S2. The molecule has 1 aromatic heterocycles. The van der Waals surface area contributed by atoms with Crippen LogP contribution in [0.4, 0.5) is 10.7 Å². The molecule has 2 amide bonds. The fraction of sp³-hybridized carbons (Fsp3) is 0.172. The number of nitrogens with zero attached hydrogens (tertiary/aromatic N) is 1. The topological polar surface area (TPSA) is 119 Å². The van der Waals surface area contributed by atoms with E-state index in [4.69, 9.17) is 0 Å². The number of anilines is 2. The van der Waals surface area contributed by atoms with Gasteiger partial charge in [-0.25, -0.2) is 4.79 Å². The van der Waals surface area contributed by atoms with E-state index >= 15 is 0 Å². The largest absolute Gasteiger partial charge is 0.478 e. The van der Waals surface area contributed by atoms with Gasteiger partial charge < -0.3 is 15.7 Å². The predicted octanol–water partition coefficient (Wildman–Crippen LogP) is 6.33. The van der Waals surface area contributed by atoms with Crippen LogP contribution in [0.3, 0.4) is 0 Å². The lowest BCUT2D eigenvalue weighted by Crippen LogP contribution is -2.14. The highest BCUT2D eigenvalue weighted by Gasteiger charge is 2.22. The number of nitrogens with one attached hydrogen (secondary N) is 2. The van der Waals surface area contributed by atoms with Gasteiger partial charge in [0.15, 0.2) is 0 Å². The van der Waals surface area contributed by atoms with Gasteiger partial charge in [-0.1, -0.05) is 30.3 Å². The van der Waals surface area contributed by atoms with E-state index in [9.17, 15) is 24.8 Å². The molecule has 1 aliphatic rings. The van der Waals surface area contributed by atoms with Gasteiger partial charge in [0.05, 0.1) is 16.9 Å². The van der Waals surface area contributed by atoms with E-state index in [1.807, 2.05) is 6.07 Å². The number of rotatable bonds is 7. The zero-order valence-corrected chi connectivity index (χ0v) is 21.9. The minimum Gasteiger partial charge on any atom is -0.478 e. The summed E-state index contributed by atoms with van der Waals surface area (Å²) >= 11 is 2.82. The van der Waals surface area contributed by atoms with Crippen molar-refractivity contribution in [2.75, 3.05) is 16.4 Å². The average molecular weight is 542 g/mol. The summed E-state index contributed by atoms with van der Waals surface area (Å²) in [5.74, 6) is -1.57. The predicted molar refractivity (Wildman–Crippen MR) is 150 cm³/mol. The highest BCUT2D eigenvalue weighted by Crippen LogP contribution is 2.37. The average Bonchev–Trinajstić information content (AvgIpc) is 3.28. The number of thiophene rings is 1. The molecule has 0 aliphatic heterocycles. The van der Waals surface area contributed by atoms with Crippen molar-refractivity contribution < 1.29 is 19.5 Å². The molecule has 0 atom stereocenters. The van der Waals surface area contributed by atoms with E-state index < -0.39 is 11.9 Å². The fourth-order valence-corrected chi connectivity index (χ4v) is 6.67. The highest BCUT2D eigenvalue weighted by atomic mass is 32.2. The molecule has 1 aliphatic carbocycles. The summed E-state index contributed by atoms with van der Waals surface area (Å²) in [7, 11) is 0. The summed E-state index contributed by atoms with van der Waals surface area (Å²) < 4.78 is 0. The summed E-state index contributed by atoms with van der Waals surface area (Å²) in [4.78, 5) is 39.5. The molecule has 3 N–H and O–H groups in total. The number of benzene rings is 3. The Morgan fingerprint density at radius 3 is 2.47 bits per heavy atom. The van der Waals surface area contributed by atoms with E-state index in [1.165, 1.54) is 34.0 Å². The Balaban J connectivity index is 1.27. The van der Waals surface area contributed by atoms with E-state index in [0.717, 1.165) is 36.1 Å². The molecule has 9 heteroatoms. The lowest BCUT2D eigenvalue weighted by atomic mass is 9.96. The number of aromatic carboxylic acids is 1. The SMILES string of the molecule is N#Cc1c(NC(=O)CSc2cccc(NC(=O)c3cccc4cccc(C(=O)O)c34)c2)sc2c1CCCC2. The molecule has 5 rings (SSSR count). The van der Waals surface area contributed by atoms with Gasteiger partial charge in [0.25, 0.3) is 5.91 Å². The number of aryl methyl sites for hydroxylation is 1. The van der Waals surface area contributed by atoms with Gasteiger partial charge in [-0.15, -0.1) is 23.1 Å². The maximum absolute atomic E-state index is 13.1. The van der Waals surface area contributed by atoms with E-state index in [1.54, 1.807) is 48.5 Å². The van der Waals surface area contributed by atoms with Gasteiger partial charge in [0.1, 0.15) is 11.1 Å². The van der Waals surface area contributed by atoms with Crippen LogP contribution in [-0.2, 0) is 17.6 Å². The molecule has 0 spiro atoms.